The third-order valence-corrected chi connectivity index (χ3v) is 4.49. The monoisotopic (exact) mass is 417 g/mol. The summed E-state index contributed by atoms with van der Waals surface area (Å²) in [6, 6.07) is 17.1. The van der Waals surface area contributed by atoms with Crippen molar-refractivity contribution in [2.75, 3.05) is 0 Å². The number of halogens is 3. The molecule has 3 heterocycles. The molecule has 0 saturated heterocycles. The van der Waals surface area contributed by atoms with Crippen LogP contribution in [0.1, 0.15) is 16.8 Å². The van der Waals surface area contributed by atoms with Crippen LogP contribution in [0, 0.1) is 11.3 Å². The van der Waals surface area contributed by atoms with Crippen molar-refractivity contribution in [3.05, 3.63) is 96.2 Å². The molecule has 3 aromatic heterocycles. The van der Waals surface area contributed by atoms with E-state index in [1.807, 2.05) is 42.5 Å². The van der Waals surface area contributed by atoms with E-state index in [2.05, 4.69) is 15.1 Å². The highest BCUT2D eigenvalue weighted by Crippen LogP contribution is 2.30. The van der Waals surface area contributed by atoms with Crippen LogP contribution in [-0.2, 0) is 6.18 Å². The quantitative estimate of drug-likeness (QED) is 0.416. The summed E-state index contributed by atoms with van der Waals surface area (Å²) in [6.07, 6.45) is 2.82. The molecule has 0 saturated carbocycles. The number of nitriles is 1. The molecule has 1 aromatic carbocycles. The molecule has 0 atom stereocenters. The van der Waals surface area contributed by atoms with Crippen molar-refractivity contribution >= 4 is 11.6 Å². The van der Waals surface area contributed by atoms with Gasteiger partial charge in [0.05, 0.1) is 22.5 Å². The number of pyridine rings is 2. The number of aromatic nitrogens is 4. The number of allylic oxidation sites excluding steroid dienone is 1. The van der Waals surface area contributed by atoms with Gasteiger partial charge in [0, 0.05) is 35.9 Å². The van der Waals surface area contributed by atoms with Crippen molar-refractivity contribution in [2.45, 2.75) is 6.18 Å². The van der Waals surface area contributed by atoms with Crippen LogP contribution in [0.25, 0.3) is 28.6 Å². The first kappa shape index (κ1) is 20.0. The standard InChI is InChI=1S/C23H14F3N5/c24-23(25,26)19-8-9-21(29-14-19)17(12-27)11-18-15-31(20-6-2-1-3-7-20)30-22(18)16-5-4-10-28-13-16/h1-11,13-15H/b17-11+. The highest BCUT2D eigenvalue weighted by atomic mass is 19.4. The average molecular weight is 417 g/mol. The van der Waals surface area contributed by atoms with Gasteiger partial charge in [-0.1, -0.05) is 18.2 Å². The first-order valence-corrected chi connectivity index (χ1v) is 9.16. The Morgan fingerprint density at radius 3 is 2.42 bits per heavy atom. The van der Waals surface area contributed by atoms with Gasteiger partial charge in [-0.05, 0) is 42.5 Å². The summed E-state index contributed by atoms with van der Waals surface area (Å²) in [7, 11) is 0. The molecule has 0 N–H and O–H groups in total. The molecule has 5 nitrogen and oxygen atoms in total. The van der Waals surface area contributed by atoms with E-state index in [4.69, 9.17) is 0 Å². The maximum absolute atomic E-state index is 12.8. The first-order chi connectivity index (χ1) is 15.0. The van der Waals surface area contributed by atoms with Gasteiger partial charge in [-0.15, -0.1) is 0 Å². The van der Waals surface area contributed by atoms with E-state index >= 15 is 0 Å². The van der Waals surface area contributed by atoms with Crippen LogP contribution in [0.2, 0.25) is 0 Å². The second kappa shape index (κ2) is 8.24. The summed E-state index contributed by atoms with van der Waals surface area (Å²) >= 11 is 0. The molecule has 0 aliphatic heterocycles. The Balaban J connectivity index is 1.81. The van der Waals surface area contributed by atoms with Crippen molar-refractivity contribution < 1.29 is 13.2 Å². The van der Waals surface area contributed by atoms with E-state index in [1.54, 1.807) is 35.4 Å². The second-order valence-electron chi connectivity index (χ2n) is 6.55. The molecular weight excluding hydrogens is 403 g/mol. The van der Waals surface area contributed by atoms with Crippen LogP contribution in [0.4, 0.5) is 13.2 Å². The largest absolute Gasteiger partial charge is 0.417 e. The van der Waals surface area contributed by atoms with E-state index in [0.29, 0.717) is 11.3 Å². The van der Waals surface area contributed by atoms with Gasteiger partial charge in [0.15, 0.2) is 0 Å². The molecule has 8 heteroatoms. The van der Waals surface area contributed by atoms with Crippen LogP contribution in [0.3, 0.4) is 0 Å². The predicted octanol–water partition coefficient (Wildman–Crippen LogP) is 5.41. The Labute approximate surface area is 175 Å². The molecule has 152 valence electrons. The molecule has 0 fully saturated rings. The van der Waals surface area contributed by atoms with Gasteiger partial charge in [0.1, 0.15) is 11.8 Å². The highest BCUT2D eigenvalue weighted by molar-refractivity contribution is 5.91. The van der Waals surface area contributed by atoms with E-state index in [-0.39, 0.29) is 11.3 Å². The fourth-order valence-electron chi connectivity index (χ4n) is 2.97. The van der Waals surface area contributed by atoms with Crippen molar-refractivity contribution in [2.24, 2.45) is 0 Å². The van der Waals surface area contributed by atoms with E-state index in [1.165, 1.54) is 6.07 Å². The summed E-state index contributed by atoms with van der Waals surface area (Å²) in [5, 5.41) is 14.3. The number of rotatable bonds is 4. The van der Waals surface area contributed by atoms with Gasteiger partial charge in [-0.2, -0.15) is 23.5 Å². The van der Waals surface area contributed by atoms with Crippen molar-refractivity contribution in [1.29, 1.82) is 5.26 Å². The highest BCUT2D eigenvalue weighted by Gasteiger charge is 2.30. The first-order valence-electron chi connectivity index (χ1n) is 9.16. The summed E-state index contributed by atoms with van der Waals surface area (Å²) < 4.78 is 40.1. The Morgan fingerprint density at radius 1 is 1.00 bits per heavy atom. The molecule has 4 aromatic rings. The molecule has 0 amide bonds. The fraction of sp³-hybridized carbons (Fsp3) is 0.0435. The van der Waals surface area contributed by atoms with Crippen LogP contribution in [0.15, 0.2) is 79.4 Å². The van der Waals surface area contributed by atoms with Crippen molar-refractivity contribution in [3.63, 3.8) is 0 Å². The SMILES string of the molecule is N#C/C(=C\c1cn(-c2ccccc2)nc1-c1cccnc1)c1ccc(C(F)(F)F)cn1. The van der Waals surface area contributed by atoms with Crippen LogP contribution in [0.5, 0.6) is 0 Å². The summed E-state index contributed by atoms with van der Waals surface area (Å²) in [5.74, 6) is 0. The second-order valence-corrected chi connectivity index (χ2v) is 6.55. The Bertz CT molecular complexity index is 1250. The zero-order valence-electron chi connectivity index (χ0n) is 16.0. The third-order valence-electron chi connectivity index (χ3n) is 4.49. The van der Waals surface area contributed by atoms with Gasteiger partial charge in [0.2, 0.25) is 0 Å². The molecular formula is C23H14F3N5. The van der Waals surface area contributed by atoms with Crippen molar-refractivity contribution in [1.82, 2.24) is 19.7 Å². The van der Waals surface area contributed by atoms with Crippen LogP contribution >= 0.6 is 0 Å². The lowest BCUT2D eigenvalue weighted by Gasteiger charge is -2.06. The number of hydrogen-bond donors (Lipinski definition) is 0. The molecule has 0 aliphatic rings. The number of hydrogen-bond acceptors (Lipinski definition) is 4. The minimum atomic E-state index is -4.49. The molecule has 0 bridgehead atoms. The van der Waals surface area contributed by atoms with Crippen LogP contribution in [-0.4, -0.2) is 19.7 Å². The maximum Gasteiger partial charge on any atom is 0.417 e. The Kier molecular flexibility index (Phi) is 5.33. The third kappa shape index (κ3) is 4.36. The minimum Gasteiger partial charge on any atom is -0.264 e. The fourth-order valence-corrected chi connectivity index (χ4v) is 2.97. The zero-order chi connectivity index (χ0) is 21.8. The predicted molar refractivity (Wildman–Crippen MR) is 110 cm³/mol. The molecule has 0 radical (unpaired) electrons. The van der Waals surface area contributed by atoms with Gasteiger partial charge in [-0.3, -0.25) is 9.97 Å². The number of nitrogens with zero attached hydrogens (tertiary/aromatic N) is 5. The maximum atomic E-state index is 12.8. The normalized spacial score (nSPS) is 11.9. The van der Waals surface area contributed by atoms with Gasteiger partial charge >= 0.3 is 6.18 Å². The van der Waals surface area contributed by atoms with E-state index in [0.717, 1.165) is 23.5 Å². The zero-order valence-corrected chi connectivity index (χ0v) is 16.0. The van der Waals surface area contributed by atoms with Crippen molar-refractivity contribution in [3.8, 4) is 23.0 Å². The molecule has 0 spiro atoms. The summed E-state index contributed by atoms with van der Waals surface area (Å²) in [5.41, 5.74) is 2.12. The Morgan fingerprint density at radius 2 is 1.81 bits per heavy atom. The van der Waals surface area contributed by atoms with Gasteiger partial charge in [0.25, 0.3) is 0 Å². The summed E-state index contributed by atoms with van der Waals surface area (Å²) in [6.45, 7) is 0. The smallest absolute Gasteiger partial charge is 0.264 e. The number of benzene rings is 1. The molecule has 4 rings (SSSR count). The lowest BCUT2D eigenvalue weighted by Crippen LogP contribution is -2.05. The Hall–Kier alpha value is -4.25. The van der Waals surface area contributed by atoms with Crippen LogP contribution < -0.4 is 0 Å². The molecule has 0 aliphatic carbocycles. The lowest BCUT2D eigenvalue weighted by molar-refractivity contribution is -0.137. The topological polar surface area (TPSA) is 67.4 Å². The number of para-hydroxylation sites is 1. The van der Waals surface area contributed by atoms with E-state index < -0.39 is 11.7 Å². The lowest BCUT2D eigenvalue weighted by atomic mass is 10.1. The van der Waals surface area contributed by atoms with Gasteiger partial charge in [-0.25, -0.2) is 4.68 Å². The average Bonchev–Trinajstić information content (AvgIpc) is 3.22. The minimum absolute atomic E-state index is 0.117. The number of alkyl halides is 3. The summed E-state index contributed by atoms with van der Waals surface area (Å²) in [4.78, 5) is 7.95. The van der Waals surface area contributed by atoms with Gasteiger partial charge < -0.3 is 0 Å². The van der Waals surface area contributed by atoms with E-state index in [9.17, 15) is 18.4 Å². The molecule has 0 unspecified atom stereocenters. The molecule has 31 heavy (non-hydrogen) atoms.